The van der Waals surface area contributed by atoms with Crippen molar-refractivity contribution >= 4 is 17.4 Å². The number of anilines is 2. The topological polar surface area (TPSA) is 76.6 Å². The molecule has 7 heteroatoms. The highest BCUT2D eigenvalue weighted by atomic mass is 16.5. The van der Waals surface area contributed by atoms with Crippen molar-refractivity contribution in [2.24, 2.45) is 0 Å². The van der Waals surface area contributed by atoms with Crippen molar-refractivity contribution in [3.8, 4) is 11.5 Å². The van der Waals surface area contributed by atoms with Gasteiger partial charge >= 0.3 is 0 Å². The molecule has 0 radical (unpaired) electrons. The number of methoxy groups -OCH3 is 2. The molecule has 126 valence electrons. The molecule has 7 nitrogen and oxygen atoms in total. The molecule has 1 aliphatic heterocycles. The van der Waals surface area contributed by atoms with Gasteiger partial charge in [0, 0.05) is 37.0 Å². The van der Waals surface area contributed by atoms with Crippen molar-refractivity contribution in [1.29, 1.82) is 0 Å². The standard InChI is InChI=1S/C17H20N4O3/c1-23-13-9-12(10-14(11-13)24-2)18-17(22)15-5-6-16(20-19-15)21-7-3-4-8-21/h5-6,9-11H,3-4,7-8H2,1-2H3,(H,18,22). The molecular weight excluding hydrogens is 308 g/mol. The molecule has 1 aromatic carbocycles. The van der Waals surface area contributed by atoms with E-state index in [0.717, 1.165) is 18.9 Å². The van der Waals surface area contributed by atoms with Gasteiger partial charge in [-0.1, -0.05) is 0 Å². The maximum Gasteiger partial charge on any atom is 0.276 e. The second kappa shape index (κ2) is 7.16. The summed E-state index contributed by atoms with van der Waals surface area (Å²) in [5.41, 5.74) is 0.835. The molecule has 0 bridgehead atoms. The van der Waals surface area contributed by atoms with Gasteiger partial charge in [0.15, 0.2) is 11.5 Å². The van der Waals surface area contributed by atoms with Crippen molar-refractivity contribution < 1.29 is 14.3 Å². The molecule has 2 aromatic rings. The third-order valence-electron chi connectivity index (χ3n) is 3.92. The summed E-state index contributed by atoms with van der Waals surface area (Å²) in [5.74, 6) is 1.68. The zero-order chi connectivity index (χ0) is 16.9. The number of carbonyl (C=O) groups excluding carboxylic acids is 1. The van der Waals surface area contributed by atoms with Crippen LogP contribution < -0.4 is 19.7 Å². The lowest BCUT2D eigenvalue weighted by atomic mass is 10.2. The van der Waals surface area contributed by atoms with Gasteiger partial charge in [-0.15, -0.1) is 10.2 Å². The lowest BCUT2D eigenvalue weighted by molar-refractivity contribution is 0.102. The molecule has 0 saturated carbocycles. The first-order valence-electron chi connectivity index (χ1n) is 7.82. The van der Waals surface area contributed by atoms with Gasteiger partial charge in [0.05, 0.1) is 14.2 Å². The van der Waals surface area contributed by atoms with E-state index in [1.807, 2.05) is 6.07 Å². The average Bonchev–Trinajstić information content (AvgIpc) is 3.16. The van der Waals surface area contributed by atoms with Gasteiger partial charge in [-0.05, 0) is 25.0 Å². The molecule has 0 unspecified atom stereocenters. The first-order valence-corrected chi connectivity index (χ1v) is 7.82. The van der Waals surface area contributed by atoms with Crippen LogP contribution in [0.3, 0.4) is 0 Å². The first kappa shape index (κ1) is 16.0. The van der Waals surface area contributed by atoms with Gasteiger partial charge in [-0.2, -0.15) is 0 Å². The van der Waals surface area contributed by atoms with E-state index in [2.05, 4.69) is 20.4 Å². The van der Waals surface area contributed by atoms with E-state index >= 15 is 0 Å². The molecule has 1 amide bonds. The minimum Gasteiger partial charge on any atom is -0.497 e. The van der Waals surface area contributed by atoms with E-state index in [4.69, 9.17) is 9.47 Å². The third-order valence-corrected chi connectivity index (χ3v) is 3.92. The normalized spacial score (nSPS) is 13.7. The third kappa shape index (κ3) is 3.56. The van der Waals surface area contributed by atoms with Crippen LogP contribution >= 0.6 is 0 Å². The second-order valence-electron chi connectivity index (χ2n) is 5.53. The zero-order valence-electron chi connectivity index (χ0n) is 13.8. The summed E-state index contributed by atoms with van der Waals surface area (Å²) in [5, 5.41) is 11.0. The molecule has 0 spiro atoms. The van der Waals surface area contributed by atoms with Gasteiger partial charge in [0.2, 0.25) is 0 Å². The molecule has 1 aromatic heterocycles. The Hall–Kier alpha value is -2.83. The van der Waals surface area contributed by atoms with Crippen LogP contribution in [0.4, 0.5) is 11.5 Å². The van der Waals surface area contributed by atoms with E-state index in [9.17, 15) is 4.79 Å². The van der Waals surface area contributed by atoms with Gasteiger partial charge in [0.25, 0.3) is 5.91 Å². The predicted molar refractivity (Wildman–Crippen MR) is 91.0 cm³/mol. The number of nitrogens with one attached hydrogen (secondary N) is 1. The summed E-state index contributed by atoms with van der Waals surface area (Å²) in [7, 11) is 3.12. The van der Waals surface area contributed by atoms with E-state index in [-0.39, 0.29) is 11.6 Å². The largest absolute Gasteiger partial charge is 0.497 e. The number of hydrogen-bond acceptors (Lipinski definition) is 6. The van der Waals surface area contributed by atoms with Crippen molar-refractivity contribution in [3.05, 3.63) is 36.0 Å². The van der Waals surface area contributed by atoms with Crippen molar-refractivity contribution in [3.63, 3.8) is 0 Å². The highest BCUT2D eigenvalue weighted by Gasteiger charge is 2.15. The molecular formula is C17H20N4O3. The van der Waals surface area contributed by atoms with Gasteiger partial charge in [-0.25, -0.2) is 0 Å². The number of aromatic nitrogens is 2. The van der Waals surface area contributed by atoms with Crippen LogP contribution in [0.2, 0.25) is 0 Å². The van der Waals surface area contributed by atoms with Gasteiger partial charge < -0.3 is 19.7 Å². The van der Waals surface area contributed by atoms with E-state index in [1.54, 1.807) is 38.5 Å². The molecule has 24 heavy (non-hydrogen) atoms. The van der Waals surface area contributed by atoms with Crippen LogP contribution in [0.25, 0.3) is 0 Å². The molecule has 1 N–H and O–H groups in total. The Morgan fingerprint density at radius 3 is 2.25 bits per heavy atom. The van der Waals surface area contributed by atoms with E-state index in [0.29, 0.717) is 17.2 Å². The Labute approximate surface area is 140 Å². The van der Waals surface area contributed by atoms with Gasteiger partial charge in [0.1, 0.15) is 11.5 Å². The Kier molecular flexibility index (Phi) is 4.79. The number of nitrogens with zero attached hydrogens (tertiary/aromatic N) is 3. The van der Waals surface area contributed by atoms with Crippen LogP contribution in [0, 0.1) is 0 Å². The fourth-order valence-corrected chi connectivity index (χ4v) is 2.64. The molecule has 0 aliphatic carbocycles. The molecule has 1 fully saturated rings. The predicted octanol–water partition coefficient (Wildman–Crippen LogP) is 2.35. The summed E-state index contributed by atoms with van der Waals surface area (Å²) in [6, 6.07) is 8.69. The summed E-state index contributed by atoms with van der Waals surface area (Å²) in [6.07, 6.45) is 2.34. The summed E-state index contributed by atoms with van der Waals surface area (Å²) in [4.78, 5) is 14.5. The number of rotatable bonds is 5. The Morgan fingerprint density at radius 2 is 1.71 bits per heavy atom. The fraction of sp³-hybridized carbons (Fsp3) is 0.353. The van der Waals surface area contributed by atoms with Crippen LogP contribution in [0.5, 0.6) is 11.5 Å². The van der Waals surface area contributed by atoms with Crippen molar-refractivity contribution in [2.75, 3.05) is 37.5 Å². The maximum absolute atomic E-state index is 12.3. The minimum absolute atomic E-state index is 0.264. The van der Waals surface area contributed by atoms with Crippen LogP contribution in [-0.4, -0.2) is 43.4 Å². The zero-order valence-corrected chi connectivity index (χ0v) is 13.8. The lowest BCUT2D eigenvalue weighted by Gasteiger charge is -2.15. The van der Waals surface area contributed by atoms with Crippen LogP contribution in [0.15, 0.2) is 30.3 Å². The van der Waals surface area contributed by atoms with Crippen LogP contribution in [0.1, 0.15) is 23.3 Å². The Morgan fingerprint density at radius 1 is 1.04 bits per heavy atom. The quantitative estimate of drug-likeness (QED) is 0.908. The number of benzene rings is 1. The van der Waals surface area contributed by atoms with Crippen molar-refractivity contribution in [1.82, 2.24) is 10.2 Å². The number of ether oxygens (including phenoxy) is 2. The van der Waals surface area contributed by atoms with Crippen molar-refractivity contribution in [2.45, 2.75) is 12.8 Å². The minimum atomic E-state index is -0.328. The average molecular weight is 328 g/mol. The van der Waals surface area contributed by atoms with E-state index in [1.165, 1.54) is 12.8 Å². The number of carbonyl (C=O) groups is 1. The highest BCUT2D eigenvalue weighted by molar-refractivity contribution is 6.03. The smallest absolute Gasteiger partial charge is 0.276 e. The SMILES string of the molecule is COc1cc(NC(=O)c2ccc(N3CCCC3)nn2)cc(OC)c1. The van der Waals surface area contributed by atoms with E-state index < -0.39 is 0 Å². The first-order chi connectivity index (χ1) is 11.7. The van der Waals surface area contributed by atoms with Gasteiger partial charge in [-0.3, -0.25) is 4.79 Å². The molecule has 1 saturated heterocycles. The number of amides is 1. The van der Waals surface area contributed by atoms with Crippen LogP contribution in [-0.2, 0) is 0 Å². The molecule has 1 aliphatic rings. The Bertz CT molecular complexity index is 690. The summed E-state index contributed by atoms with van der Waals surface area (Å²) in [6.45, 7) is 1.98. The molecule has 0 atom stereocenters. The number of hydrogen-bond donors (Lipinski definition) is 1. The monoisotopic (exact) mass is 328 g/mol. The summed E-state index contributed by atoms with van der Waals surface area (Å²) < 4.78 is 10.4. The summed E-state index contributed by atoms with van der Waals surface area (Å²) >= 11 is 0. The Balaban J connectivity index is 1.72. The highest BCUT2D eigenvalue weighted by Crippen LogP contribution is 2.26. The second-order valence-corrected chi connectivity index (χ2v) is 5.53. The molecule has 2 heterocycles. The molecule has 3 rings (SSSR count). The lowest BCUT2D eigenvalue weighted by Crippen LogP contribution is -2.21. The maximum atomic E-state index is 12.3. The fourth-order valence-electron chi connectivity index (χ4n) is 2.64.